The van der Waals surface area contributed by atoms with Gasteiger partial charge in [0.15, 0.2) is 11.6 Å². The minimum absolute atomic E-state index is 0.154. The van der Waals surface area contributed by atoms with Gasteiger partial charge in [-0.05, 0) is 18.2 Å². The van der Waals surface area contributed by atoms with Gasteiger partial charge >= 0.3 is 6.18 Å². The molecule has 4 nitrogen and oxygen atoms in total. The highest BCUT2D eigenvalue weighted by molar-refractivity contribution is 6.34. The fourth-order valence-electron chi connectivity index (χ4n) is 2.80. The van der Waals surface area contributed by atoms with Crippen molar-refractivity contribution in [2.24, 2.45) is 0 Å². The van der Waals surface area contributed by atoms with Crippen LogP contribution in [-0.4, -0.2) is 42.0 Å². The van der Waals surface area contributed by atoms with Gasteiger partial charge in [0.05, 0.1) is 21.2 Å². The third kappa shape index (κ3) is 4.15. The lowest BCUT2D eigenvalue weighted by molar-refractivity contribution is -0.137. The van der Waals surface area contributed by atoms with Crippen LogP contribution in [-0.2, 0) is 6.18 Å². The number of halogens is 7. The van der Waals surface area contributed by atoms with E-state index in [-0.39, 0.29) is 47.6 Å². The van der Waals surface area contributed by atoms with Crippen molar-refractivity contribution in [2.45, 2.75) is 6.18 Å². The van der Waals surface area contributed by atoms with Gasteiger partial charge in [-0.25, -0.2) is 13.8 Å². The van der Waals surface area contributed by atoms with Crippen molar-refractivity contribution in [1.29, 1.82) is 0 Å². The lowest BCUT2D eigenvalue weighted by atomic mass is 10.1. The number of nitrogens with zero attached hydrogens (tertiary/aromatic N) is 3. The Labute approximate surface area is 166 Å². The fraction of sp³-hybridized carbons (Fsp3) is 0.294. The number of carbonyl (C=O) groups is 1. The first-order valence-electron chi connectivity index (χ1n) is 7.99. The Kier molecular flexibility index (Phi) is 5.67. The van der Waals surface area contributed by atoms with Crippen molar-refractivity contribution in [3.63, 3.8) is 0 Å². The number of rotatable bonds is 2. The molecule has 0 N–H and O–H groups in total. The number of hydrogen-bond acceptors (Lipinski definition) is 3. The summed E-state index contributed by atoms with van der Waals surface area (Å²) in [5, 5.41) is -0.364. The second kappa shape index (κ2) is 7.71. The van der Waals surface area contributed by atoms with E-state index in [9.17, 15) is 26.7 Å². The third-order valence-electron chi connectivity index (χ3n) is 4.26. The van der Waals surface area contributed by atoms with E-state index in [1.165, 1.54) is 4.90 Å². The molecule has 28 heavy (non-hydrogen) atoms. The van der Waals surface area contributed by atoms with Crippen LogP contribution in [0.3, 0.4) is 0 Å². The van der Waals surface area contributed by atoms with Crippen LogP contribution in [0.5, 0.6) is 0 Å². The number of piperazine rings is 1. The van der Waals surface area contributed by atoms with Crippen molar-refractivity contribution < 1.29 is 26.7 Å². The van der Waals surface area contributed by atoms with Gasteiger partial charge in [-0.1, -0.05) is 23.2 Å². The van der Waals surface area contributed by atoms with E-state index >= 15 is 0 Å². The second-order valence-electron chi connectivity index (χ2n) is 6.05. The summed E-state index contributed by atoms with van der Waals surface area (Å²) in [5.41, 5.74) is -1.12. The summed E-state index contributed by atoms with van der Waals surface area (Å²) in [6, 6.07) is 2.26. The lowest BCUT2D eigenvalue weighted by Gasteiger charge is -2.36. The minimum atomic E-state index is -4.55. The molecule has 0 atom stereocenters. The highest BCUT2D eigenvalue weighted by Crippen LogP contribution is 2.34. The quantitative estimate of drug-likeness (QED) is 0.504. The molecule has 1 aromatic heterocycles. The summed E-state index contributed by atoms with van der Waals surface area (Å²) in [5.74, 6) is -2.75. The summed E-state index contributed by atoms with van der Waals surface area (Å²) in [6.45, 7) is 0.830. The number of amides is 1. The van der Waals surface area contributed by atoms with Crippen LogP contribution in [0, 0.1) is 11.6 Å². The third-order valence-corrected chi connectivity index (χ3v) is 4.85. The number of hydrogen-bond donors (Lipinski definition) is 0. The predicted octanol–water partition coefficient (Wildman–Crippen LogP) is 4.65. The first-order chi connectivity index (χ1) is 13.1. The molecule has 1 amide bonds. The molecule has 0 aliphatic carbocycles. The Bertz CT molecular complexity index is 914. The molecule has 2 heterocycles. The molecular formula is C17H12Cl2F5N3O. The first-order valence-corrected chi connectivity index (χ1v) is 8.75. The molecule has 0 bridgehead atoms. The van der Waals surface area contributed by atoms with E-state index in [0.29, 0.717) is 6.20 Å². The maximum absolute atomic E-state index is 13.4. The van der Waals surface area contributed by atoms with Crippen molar-refractivity contribution >= 4 is 34.9 Å². The Morgan fingerprint density at radius 3 is 2.14 bits per heavy atom. The average Bonchev–Trinajstić information content (AvgIpc) is 2.63. The smallest absolute Gasteiger partial charge is 0.352 e. The Hall–Kier alpha value is -2.13. The zero-order chi connectivity index (χ0) is 20.6. The number of carbonyl (C=O) groups excluding carboxylic acids is 1. The van der Waals surface area contributed by atoms with E-state index < -0.39 is 29.3 Å². The lowest BCUT2D eigenvalue weighted by Crippen LogP contribution is -2.49. The van der Waals surface area contributed by atoms with Crippen molar-refractivity contribution in [1.82, 2.24) is 9.88 Å². The highest BCUT2D eigenvalue weighted by Gasteiger charge is 2.32. The summed E-state index contributed by atoms with van der Waals surface area (Å²) in [4.78, 5) is 19.3. The number of alkyl halides is 3. The standard InChI is InChI=1S/C17H12Cl2F5N3O/c18-11-7-14(21)13(20)6-10(11)16(28)27-3-1-26(2-4-27)15-12(19)5-9(8-25-15)17(22,23)24/h5-8H,1-4H2. The van der Waals surface area contributed by atoms with Gasteiger partial charge in [0, 0.05) is 32.4 Å². The highest BCUT2D eigenvalue weighted by atomic mass is 35.5. The fourth-order valence-corrected chi connectivity index (χ4v) is 3.31. The van der Waals surface area contributed by atoms with E-state index in [1.54, 1.807) is 4.90 Å². The number of pyridine rings is 1. The van der Waals surface area contributed by atoms with E-state index in [0.717, 1.165) is 18.2 Å². The van der Waals surface area contributed by atoms with E-state index in [1.807, 2.05) is 0 Å². The van der Waals surface area contributed by atoms with Crippen LogP contribution in [0.2, 0.25) is 10.0 Å². The molecule has 1 aliphatic rings. The van der Waals surface area contributed by atoms with Crippen LogP contribution in [0.25, 0.3) is 0 Å². The van der Waals surface area contributed by atoms with Crippen LogP contribution in [0.1, 0.15) is 15.9 Å². The molecule has 0 spiro atoms. The Balaban J connectivity index is 1.71. The second-order valence-corrected chi connectivity index (χ2v) is 6.87. The summed E-state index contributed by atoms with van der Waals surface area (Å²) >= 11 is 11.8. The number of benzene rings is 1. The molecule has 1 aliphatic heterocycles. The summed E-state index contributed by atoms with van der Waals surface area (Å²) < 4.78 is 64.7. The van der Waals surface area contributed by atoms with Gasteiger partial charge in [0.2, 0.25) is 0 Å². The summed E-state index contributed by atoms with van der Waals surface area (Å²) in [7, 11) is 0. The predicted molar refractivity (Wildman–Crippen MR) is 93.7 cm³/mol. The zero-order valence-electron chi connectivity index (χ0n) is 14.0. The van der Waals surface area contributed by atoms with Crippen molar-refractivity contribution in [3.8, 4) is 0 Å². The van der Waals surface area contributed by atoms with Crippen molar-refractivity contribution in [2.75, 3.05) is 31.1 Å². The average molecular weight is 440 g/mol. The maximum atomic E-state index is 13.4. The Morgan fingerprint density at radius 2 is 1.57 bits per heavy atom. The molecule has 1 aromatic carbocycles. The normalized spacial score (nSPS) is 15.1. The topological polar surface area (TPSA) is 36.4 Å². The first kappa shape index (κ1) is 20.6. The molecule has 0 saturated carbocycles. The van der Waals surface area contributed by atoms with Gasteiger partial charge in [-0.2, -0.15) is 13.2 Å². The monoisotopic (exact) mass is 439 g/mol. The number of anilines is 1. The van der Waals surface area contributed by atoms with E-state index in [4.69, 9.17) is 23.2 Å². The Morgan fingerprint density at radius 1 is 0.964 bits per heavy atom. The largest absolute Gasteiger partial charge is 0.417 e. The SMILES string of the molecule is O=C(c1cc(F)c(F)cc1Cl)N1CCN(c2ncc(C(F)(F)F)cc2Cl)CC1. The van der Waals surface area contributed by atoms with Gasteiger partial charge in [-0.15, -0.1) is 0 Å². The number of aromatic nitrogens is 1. The molecule has 11 heteroatoms. The molecule has 150 valence electrons. The molecular weight excluding hydrogens is 428 g/mol. The van der Waals surface area contributed by atoms with E-state index in [2.05, 4.69) is 4.98 Å². The zero-order valence-corrected chi connectivity index (χ0v) is 15.5. The van der Waals surface area contributed by atoms with Gasteiger partial charge in [0.1, 0.15) is 5.82 Å². The van der Waals surface area contributed by atoms with Crippen LogP contribution >= 0.6 is 23.2 Å². The van der Waals surface area contributed by atoms with Gasteiger partial charge in [0.25, 0.3) is 5.91 Å². The molecule has 1 saturated heterocycles. The van der Waals surface area contributed by atoms with Gasteiger partial charge in [-0.3, -0.25) is 4.79 Å². The minimum Gasteiger partial charge on any atom is -0.352 e. The van der Waals surface area contributed by atoms with Crippen LogP contribution < -0.4 is 4.90 Å². The molecule has 2 aromatic rings. The van der Waals surface area contributed by atoms with Crippen LogP contribution in [0.4, 0.5) is 27.8 Å². The molecule has 0 radical (unpaired) electrons. The van der Waals surface area contributed by atoms with Crippen LogP contribution in [0.15, 0.2) is 24.4 Å². The maximum Gasteiger partial charge on any atom is 0.417 e. The molecule has 1 fully saturated rings. The molecule has 0 unspecified atom stereocenters. The molecule has 3 rings (SSSR count). The summed E-state index contributed by atoms with van der Waals surface area (Å²) in [6.07, 6.45) is -3.86. The van der Waals surface area contributed by atoms with Gasteiger partial charge < -0.3 is 9.80 Å². The van der Waals surface area contributed by atoms with Crippen molar-refractivity contribution in [3.05, 3.63) is 57.2 Å².